The number of rotatable bonds is 3. The van der Waals surface area contributed by atoms with E-state index in [9.17, 15) is 9.59 Å². The summed E-state index contributed by atoms with van der Waals surface area (Å²) in [5, 5.41) is 6.79. The van der Waals surface area contributed by atoms with Gasteiger partial charge in [-0.3, -0.25) is 9.69 Å². The van der Waals surface area contributed by atoms with Crippen LogP contribution in [0.1, 0.15) is 32.7 Å². The van der Waals surface area contributed by atoms with E-state index >= 15 is 0 Å². The van der Waals surface area contributed by atoms with E-state index < -0.39 is 0 Å². The molecule has 3 aromatic rings. The van der Waals surface area contributed by atoms with Gasteiger partial charge >= 0.3 is 6.03 Å². The molecule has 2 heterocycles. The number of aromatic nitrogens is 1. The topological polar surface area (TPSA) is 74.3 Å². The SMILES string of the molecule is Cc1cc(C)c2c(n1)SCCN2C(=O)Nc1ccc(C(=O)Nc2cccc(C)c2C)cc1. The summed E-state index contributed by atoms with van der Waals surface area (Å²) in [4.78, 5) is 32.0. The molecule has 0 aliphatic carbocycles. The monoisotopic (exact) mass is 446 g/mol. The lowest BCUT2D eigenvalue weighted by Gasteiger charge is -2.30. The predicted octanol–water partition coefficient (Wildman–Crippen LogP) is 5.71. The van der Waals surface area contributed by atoms with E-state index in [1.165, 1.54) is 0 Å². The van der Waals surface area contributed by atoms with Gasteiger partial charge < -0.3 is 10.6 Å². The Kier molecular flexibility index (Phi) is 6.19. The number of aryl methyl sites for hydroxylation is 3. The van der Waals surface area contributed by atoms with Crippen LogP contribution in [0.25, 0.3) is 0 Å². The summed E-state index contributed by atoms with van der Waals surface area (Å²) < 4.78 is 0. The molecule has 1 aromatic heterocycles. The Hall–Kier alpha value is -3.32. The molecule has 7 heteroatoms. The Labute approximate surface area is 192 Å². The van der Waals surface area contributed by atoms with Crippen LogP contribution in [-0.4, -0.2) is 29.2 Å². The van der Waals surface area contributed by atoms with Gasteiger partial charge in [-0.15, -0.1) is 11.8 Å². The van der Waals surface area contributed by atoms with E-state index in [0.717, 1.165) is 44.5 Å². The smallest absolute Gasteiger partial charge is 0.322 e. The number of nitrogens with zero attached hydrogens (tertiary/aromatic N) is 2. The average Bonchev–Trinajstić information content (AvgIpc) is 2.76. The highest BCUT2D eigenvalue weighted by molar-refractivity contribution is 7.99. The average molecular weight is 447 g/mol. The third kappa shape index (κ3) is 4.48. The van der Waals surface area contributed by atoms with Crippen molar-refractivity contribution in [3.05, 3.63) is 76.5 Å². The van der Waals surface area contributed by atoms with Gasteiger partial charge in [-0.2, -0.15) is 0 Å². The molecule has 1 aliphatic heterocycles. The zero-order chi connectivity index (χ0) is 22.8. The third-order valence-corrected chi connectivity index (χ3v) is 6.54. The highest BCUT2D eigenvalue weighted by atomic mass is 32.2. The molecule has 6 nitrogen and oxygen atoms in total. The Morgan fingerprint density at radius 3 is 2.47 bits per heavy atom. The lowest BCUT2D eigenvalue weighted by atomic mass is 10.1. The normalized spacial score (nSPS) is 12.8. The minimum absolute atomic E-state index is 0.185. The van der Waals surface area contributed by atoms with Gasteiger partial charge in [-0.25, -0.2) is 9.78 Å². The van der Waals surface area contributed by atoms with Crippen molar-refractivity contribution in [1.82, 2.24) is 4.98 Å². The highest BCUT2D eigenvalue weighted by Gasteiger charge is 2.26. The second-order valence-corrected chi connectivity index (χ2v) is 9.03. The molecule has 0 fully saturated rings. The second-order valence-electron chi connectivity index (χ2n) is 7.94. The quantitative estimate of drug-likeness (QED) is 0.540. The zero-order valence-corrected chi connectivity index (χ0v) is 19.5. The minimum atomic E-state index is -0.201. The van der Waals surface area contributed by atoms with E-state index in [2.05, 4.69) is 15.6 Å². The van der Waals surface area contributed by atoms with Gasteiger partial charge in [0.1, 0.15) is 5.03 Å². The van der Waals surface area contributed by atoms with Gasteiger partial charge in [-0.05, 0) is 80.8 Å². The lowest BCUT2D eigenvalue weighted by Crippen LogP contribution is -2.39. The predicted molar refractivity (Wildman–Crippen MR) is 131 cm³/mol. The van der Waals surface area contributed by atoms with Crippen molar-refractivity contribution in [3.8, 4) is 0 Å². The number of carbonyl (C=O) groups is 2. The molecule has 164 valence electrons. The summed E-state index contributed by atoms with van der Waals surface area (Å²) in [7, 11) is 0. The molecule has 0 unspecified atom stereocenters. The molecule has 0 radical (unpaired) electrons. The highest BCUT2D eigenvalue weighted by Crippen LogP contribution is 2.36. The van der Waals surface area contributed by atoms with Crippen LogP contribution < -0.4 is 15.5 Å². The molecule has 0 atom stereocenters. The number of anilines is 3. The summed E-state index contributed by atoms with van der Waals surface area (Å²) in [6.07, 6.45) is 0. The molecule has 0 bridgehead atoms. The first-order valence-electron chi connectivity index (χ1n) is 10.5. The maximum atomic E-state index is 13.0. The third-order valence-electron chi connectivity index (χ3n) is 5.60. The van der Waals surface area contributed by atoms with Crippen molar-refractivity contribution < 1.29 is 9.59 Å². The Bertz CT molecular complexity index is 1190. The van der Waals surface area contributed by atoms with Crippen LogP contribution in [0.5, 0.6) is 0 Å². The summed E-state index contributed by atoms with van der Waals surface area (Å²) in [6.45, 7) is 8.58. The molecule has 3 amide bonds. The van der Waals surface area contributed by atoms with Crippen molar-refractivity contribution in [1.29, 1.82) is 0 Å². The Balaban J connectivity index is 1.46. The fraction of sp³-hybridized carbons (Fsp3) is 0.240. The van der Waals surface area contributed by atoms with Crippen molar-refractivity contribution in [2.24, 2.45) is 0 Å². The molecular formula is C25H26N4O2S. The fourth-order valence-electron chi connectivity index (χ4n) is 3.75. The fourth-order valence-corrected chi connectivity index (χ4v) is 4.83. The number of urea groups is 1. The van der Waals surface area contributed by atoms with E-state index in [1.54, 1.807) is 40.9 Å². The Morgan fingerprint density at radius 2 is 1.72 bits per heavy atom. The maximum Gasteiger partial charge on any atom is 0.326 e. The molecule has 0 saturated heterocycles. The summed E-state index contributed by atoms with van der Waals surface area (Å²) in [6, 6.07) is 14.5. The molecule has 4 rings (SSSR count). The molecule has 2 N–H and O–H groups in total. The minimum Gasteiger partial charge on any atom is -0.322 e. The van der Waals surface area contributed by atoms with Crippen LogP contribution in [0.4, 0.5) is 21.9 Å². The number of hydrogen-bond donors (Lipinski definition) is 2. The van der Waals surface area contributed by atoms with Gasteiger partial charge in [0.15, 0.2) is 0 Å². The number of hydrogen-bond acceptors (Lipinski definition) is 4. The molecule has 2 aromatic carbocycles. The van der Waals surface area contributed by atoms with E-state index in [4.69, 9.17) is 0 Å². The number of thioether (sulfide) groups is 1. The van der Waals surface area contributed by atoms with Crippen molar-refractivity contribution in [2.75, 3.05) is 27.8 Å². The summed E-state index contributed by atoms with van der Waals surface area (Å²) >= 11 is 1.67. The van der Waals surface area contributed by atoms with Crippen LogP contribution in [0.2, 0.25) is 0 Å². The number of carbonyl (C=O) groups excluding carboxylic acids is 2. The first kappa shape index (κ1) is 21.9. The zero-order valence-electron chi connectivity index (χ0n) is 18.7. The molecule has 0 spiro atoms. The number of amides is 3. The van der Waals surface area contributed by atoms with Gasteiger partial charge in [0.25, 0.3) is 5.91 Å². The summed E-state index contributed by atoms with van der Waals surface area (Å²) in [5.74, 6) is 0.615. The van der Waals surface area contributed by atoms with E-state index in [0.29, 0.717) is 17.8 Å². The maximum absolute atomic E-state index is 13.0. The van der Waals surface area contributed by atoms with Crippen molar-refractivity contribution >= 4 is 40.8 Å². The van der Waals surface area contributed by atoms with Crippen LogP contribution >= 0.6 is 11.8 Å². The largest absolute Gasteiger partial charge is 0.326 e. The lowest BCUT2D eigenvalue weighted by molar-refractivity contribution is 0.102. The van der Waals surface area contributed by atoms with Gasteiger partial charge in [0.2, 0.25) is 0 Å². The first-order chi connectivity index (χ1) is 15.3. The van der Waals surface area contributed by atoms with Gasteiger partial charge in [0.05, 0.1) is 5.69 Å². The summed E-state index contributed by atoms with van der Waals surface area (Å²) in [5.41, 5.74) is 6.99. The van der Waals surface area contributed by atoms with Gasteiger partial charge in [0, 0.05) is 34.9 Å². The number of pyridine rings is 1. The number of nitrogens with one attached hydrogen (secondary N) is 2. The van der Waals surface area contributed by atoms with Crippen LogP contribution in [0.15, 0.2) is 53.6 Å². The molecular weight excluding hydrogens is 420 g/mol. The molecule has 0 saturated carbocycles. The van der Waals surface area contributed by atoms with E-state index in [1.807, 2.05) is 52.0 Å². The molecule has 32 heavy (non-hydrogen) atoms. The van der Waals surface area contributed by atoms with Crippen molar-refractivity contribution in [2.45, 2.75) is 32.7 Å². The number of benzene rings is 2. The van der Waals surface area contributed by atoms with Crippen molar-refractivity contribution in [3.63, 3.8) is 0 Å². The van der Waals surface area contributed by atoms with Crippen LogP contribution in [0, 0.1) is 27.7 Å². The van der Waals surface area contributed by atoms with Gasteiger partial charge in [-0.1, -0.05) is 12.1 Å². The molecule has 1 aliphatic rings. The van der Waals surface area contributed by atoms with E-state index in [-0.39, 0.29) is 11.9 Å². The number of fused-ring (bicyclic) bond motifs is 1. The van der Waals surface area contributed by atoms with Crippen LogP contribution in [0.3, 0.4) is 0 Å². The first-order valence-corrected chi connectivity index (χ1v) is 11.5. The standard InChI is InChI=1S/C25H26N4O2S/c1-15-6-5-7-21(18(15)4)28-23(30)19-8-10-20(11-9-19)27-25(31)29-12-13-32-24-22(29)16(2)14-17(3)26-24/h5-11,14H,12-13H2,1-4H3,(H,27,31)(H,28,30). The second kappa shape index (κ2) is 9.04. The Morgan fingerprint density at radius 1 is 0.969 bits per heavy atom. The van der Waals surface area contributed by atoms with Crippen LogP contribution in [-0.2, 0) is 0 Å².